The van der Waals surface area contributed by atoms with E-state index in [0.717, 1.165) is 5.56 Å². The number of amides is 1. The fourth-order valence-corrected chi connectivity index (χ4v) is 2.34. The molecule has 1 heterocycles. The van der Waals surface area contributed by atoms with Crippen molar-refractivity contribution in [3.05, 3.63) is 60.2 Å². The van der Waals surface area contributed by atoms with Gasteiger partial charge < -0.3 is 16.6 Å². The van der Waals surface area contributed by atoms with Gasteiger partial charge in [0, 0.05) is 10.9 Å². The van der Waals surface area contributed by atoms with Crippen LogP contribution in [0.1, 0.15) is 10.4 Å². The summed E-state index contributed by atoms with van der Waals surface area (Å²) >= 11 is 0. The molecule has 0 saturated carbocycles. The van der Waals surface area contributed by atoms with Crippen LogP contribution in [0.3, 0.4) is 0 Å². The maximum absolute atomic E-state index is 12.3. The third-order valence-electron chi connectivity index (χ3n) is 3.35. The van der Waals surface area contributed by atoms with E-state index in [2.05, 4.69) is 9.98 Å². The van der Waals surface area contributed by atoms with Crippen molar-refractivity contribution in [1.29, 1.82) is 0 Å². The fraction of sp³-hybridized carbons (Fsp3) is 0. The van der Waals surface area contributed by atoms with Crippen LogP contribution in [0.5, 0.6) is 5.75 Å². The van der Waals surface area contributed by atoms with Crippen LogP contribution in [0.4, 0.5) is 0 Å². The first-order chi connectivity index (χ1) is 11.1. The monoisotopic (exact) mass is 306 g/mol. The Morgan fingerprint density at radius 3 is 2.48 bits per heavy atom. The summed E-state index contributed by atoms with van der Waals surface area (Å²) in [6.45, 7) is 0. The highest BCUT2D eigenvalue weighted by atomic mass is 16.3. The second-order valence-corrected chi connectivity index (χ2v) is 4.94. The molecule has 0 aliphatic rings. The molecule has 1 aromatic heterocycles. The number of rotatable bonds is 2. The van der Waals surface area contributed by atoms with E-state index in [1.54, 1.807) is 18.2 Å². The molecule has 0 aliphatic heterocycles. The summed E-state index contributed by atoms with van der Waals surface area (Å²) in [5, 5.41) is 10.6. The predicted molar refractivity (Wildman–Crippen MR) is 89.0 cm³/mol. The normalized spacial score (nSPS) is 10.4. The maximum Gasteiger partial charge on any atom is 0.280 e. The van der Waals surface area contributed by atoms with Crippen molar-refractivity contribution in [2.75, 3.05) is 0 Å². The topological polar surface area (TPSA) is 115 Å². The minimum Gasteiger partial charge on any atom is -0.506 e. The predicted octanol–water partition coefficient (Wildman–Crippen LogP) is 2.02. The van der Waals surface area contributed by atoms with Crippen LogP contribution >= 0.6 is 0 Å². The molecule has 6 heteroatoms. The van der Waals surface area contributed by atoms with Gasteiger partial charge in [-0.15, -0.1) is 0 Å². The number of nitrogens with zero attached hydrogens (tertiary/aromatic N) is 2. The van der Waals surface area contributed by atoms with Gasteiger partial charge >= 0.3 is 0 Å². The van der Waals surface area contributed by atoms with Gasteiger partial charge in [0.15, 0.2) is 5.96 Å². The summed E-state index contributed by atoms with van der Waals surface area (Å²) in [4.78, 5) is 20.3. The van der Waals surface area contributed by atoms with Crippen molar-refractivity contribution in [3.8, 4) is 17.0 Å². The van der Waals surface area contributed by atoms with Crippen molar-refractivity contribution in [2.24, 2.45) is 16.5 Å². The lowest BCUT2D eigenvalue weighted by Gasteiger charge is -2.09. The Hall–Kier alpha value is -3.41. The molecule has 0 radical (unpaired) electrons. The second kappa shape index (κ2) is 5.76. The number of aromatic nitrogens is 1. The van der Waals surface area contributed by atoms with E-state index < -0.39 is 5.91 Å². The number of carbonyl (C=O) groups excluding carboxylic acids is 1. The Bertz CT molecular complexity index is 917. The zero-order valence-corrected chi connectivity index (χ0v) is 12.1. The van der Waals surface area contributed by atoms with Gasteiger partial charge in [-0.25, -0.2) is 4.98 Å². The minimum absolute atomic E-state index is 0.0148. The molecule has 0 saturated heterocycles. The van der Waals surface area contributed by atoms with Gasteiger partial charge in [0.2, 0.25) is 0 Å². The highest BCUT2D eigenvalue weighted by Gasteiger charge is 2.15. The van der Waals surface area contributed by atoms with E-state index in [-0.39, 0.29) is 17.3 Å². The van der Waals surface area contributed by atoms with E-state index in [1.807, 2.05) is 30.3 Å². The number of phenols is 1. The Balaban J connectivity index is 2.31. The standard InChI is InChI=1S/C17H14N4O2/c18-17(19)21-16(23)12-9-13(10-5-2-1-3-6-10)20-15-11(12)7-4-8-14(15)22/h1-9,22H,(H4,18,19,21,23). The smallest absolute Gasteiger partial charge is 0.280 e. The molecule has 0 unspecified atom stereocenters. The zero-order valence-electron chi connectivity index (χ0n) is 12.1. The first-order valence-electron chi connectivity index (χ1n) is 6.88. The van der Waals surface area contributed by atoms with E-state index in [4.69, 9.17) is 11.5 Å². The number of guanidine groups is 1. The number of para-hydroxylation sites is 1. The number of aliphatic imine (C=N–C) groups is 1. The summed E-state index contributed by atoms with van der Waals surface area (Å²) in [5.74, 6) is -0.916. The zero-order chi connectivity index (χ0) is 16.4. The third-order valence-corrected chi connectivity index (χ3v) is 3.35. The molecule has 5 N–H and O–H groups in total. The van der Waals surface area contributed by atoms with Gasteiger partial charge in [-0.3, -0.25) is 4.79 Å². The summed E-state index contributed by atoms with van der Waals surface area (Å²) in [6.07, 6.45) is 0. The molecular weight excluding hydrogens is 292 g/mol. The van der Waals surface area contributed by atoms with Gasteiger partial charge in [-0.1, -0.05) is 42.5 Å². The number of nitrogens with two attached hydrogens (primary N) is 2. The Labute approximate surface area is 132 Å². The average molecular weight is 306 g/mol. The lowest BCUT2D eigenvalue weighted by Crippen LogP contribution is -2.24. The van der Waals surface area contributed by atoms with Gasteiger partial charge in [-0.2, -0.15) is 4.99 Å². The summed E-state index contributed by atoms with van der Waals surface area (Å²) in [5.41, 5.74) is 12.6. The Morgan fingerprint density at radius 1 is 1.04 bits per heavy atom. The number of phenolic OH excluding ortho intramolecular Hbond substituents is 1. The van der Waals surface area contributed by atoms with Crippen molar-refractivity contribution >= 4 is 22.8 Å². The van der Waals surface area contributed by atoms with Gasteiger partial charge in [0.1, 0.15) is 11.3 Å². The van der Waals surface area contributed by atoms with Gasteiger partial charge in [0.05, 0.1) is 11.3 Å². The molecule has 114 valence electrons. The lowest BCUT2D eigenvalue weighted by molar-refractivity contribution is 0.100. The van der Waals surface area contributed by atoms with Crippen LogP contribution in [0.2, 0.25) is 0 Å². The average Bonchev–Trinajstić information content (AvgIpc) is 2.54. The number of benzene rings is 2. The highest BCUT2D eigenvalue weighted by Crippen LogP contribution is 2.30. The molecule has 0 aliphatic carbocycles. The molecular formula is C17H14N4O2. The molecule has 23 heavy (non-hydrogen) atoms. The van der Waals surface area contributed by atoms with E-state index in [9.17, 15) is 9.90 Å². The first-order valence-corrected chi connectivity index (χ1v) is 6.88. The number of hydrogen-bond acceptors (Lipinski definition) is 3. The largest absolute Gasteiger partial charge is 0.506 e. The highest BCUT2D eigenvalue weighted by molar-refractivity contribution is 6.11. The fourth-order valence-electron chi connectivity index (χ4n) is 2.34. The number of pyridine rings is 1. The molecule has 2 aromatic carbocycles. The van der Waals surface area contributed by atoms with E-state index in [0.29, 0.717) is 16.6 Å². The lowest BCUT2D eigenvalue weighted by atomic mass is 10.0. The Kier molecular flexibility index (Phi) is 3.64. The minimum atomic E-state index is -0.583. The van der Waals surface area contributed by atoms with Crippen LogP contribution in [-0.2, 0) is 0 Å². The van der Waals surface area contributed by atoms with Crippen LogP contribution < -0.4 is 11.5 Å². The molecule has 3 rings (SSSR count). The van der Waals surface area contributed by atoms with Crippen LogP contribution in [0, 0.1) is 0 Å². The maximum atomic E-state index is 12.3. The molecule has 0 bridgehead atoms. The first kappa shape index (κ1) is 14.5. The molecule has 0 spiro atoms. The van der Waals surface area contributed by atoms with Crippen molar-refractivity contribution in [2.45, 2.75) is 0 Å². The third kappa shape index (κ3) is 2.82. The Morgan fingerprint density at radius 2 is 1.78 bits per heavy atom. The second-order valence-electron chi connectivity index (χ2n) is 4.94. The summed E-state index contributed by atoms with van der Waals surface area (Å²) in [7, 11) is 0. The van der Waals surface area contributed by atoms with Crippen LogP contribution in [0.25, 0.3) is 22.2 Å². The molecule has 0 atom stereocenters. The summed E-state index contributed by atoms with van der Waals surface area (Å²) < 4.78 is 0. The van der Waals surface area contributed by atoms with E-state index >= 15 is 0 Å². The van der Waals surface area contributed by atoms with Crippen molar-refractivity contribution in [3.63, 3.8) is 0 Å². The number of hydrogen-bond donors (Lipinski definition) is 3. The van der Waals surface area contributed by atoms with Crippen molar-refractivity contribution < 1.29 is 9.90 Å². The quantitative estimate of drug-likeness (QED) is 0.495. The van der Waals surface area contributed by atoms with Gasteiger partial charge in [-0.05, 0) is 12.1 Å². The number of fused-ring (bicyclic) bond motifs is 1. The number of carbonyl (C=O) groups is 1. The SMILES string of the molecule is NC(N)=NC(=O)c1cc(-c2ccccc2)nc2c(O)cccc12. The van der Waals surface area contributed by atoms with E-state index in [1.165, 1.54) is 6.07 Å². The van der Waals surface area contributed by atoms with Crippen molar-refractivity contribution in [1.82, 2.24) is 4.98 Å². The molecule has 6 nitrogen and oxygen atoms in total. The number of aromatic hydroxyl groups is 1. The summed E-state index contributed by atoms with van der Waals surface area (Å²) in [6, 6.07) is 15.8. The molecule has 3 aromatic rings. The van der Waals surface area contributed by atoms with Crippen LogP contribution in [-0.4, -0.2) is 22.0 Å². The molecule has 1 amide bonds. The van der Waals surface area contributed by atoms with Gasteiger partial charge in [0.25, 0.3) is 5.91 Å². The van der Waals surface area contributed by atoms with Crippen LogP contribution in [0.15, 0.2) is 59.6 Å². The molecule has 0 fully saturated rings.